The van der Waals surface area contributed by atoms with Crippen LogP contribution in [0.5, 0.6) is 0 Å². The van der Waals surface area contributed by atoms with Crippen molar-refractivity contribution in [3.05, 3.63) is 53.2 Å². The highest BCUT2D eigenvalue weighted by Gasteiger charge is 2.15. The van der Waals surface area contributed by atoms with Gasteiger partial charge in [-0.25, -0.2) is 4.98 Å². The lowest BCUT2D eigenvalue weighted by atomic mass is 9.88. The van der Waals surface area contributed by atoms with Crippen LogP contribution in [-0.2, 0) is 6.54 Å². The first kappa shape index (κ1) is 14.8. The summed E-state index contributed by atoms with van der Waals surface area (Å²) in [5.74, 6) is 2.78. The summed E-state index contributed by atoms with van der Waals surface area (Å²) in [7, 11) is 0. The zero-order valence-corrected chi connectivity index (χ0v) is 12.8. The highest BCUT2D eigenvalue weighted by Crippen LogP contribution is 2.23. The molecule has 1 atom stereocenters. The summed E-state index contributed by atoms with van der Waals surface area (Å²) in [6, 6.07) is 10.7. The molecule has 108 valence electrons. The van der Waals surface area contributed by atoms with Gasteiger partial charge in [0.2, 0.25) is 5.89 Å². The second-order valence-corrected chi connectivity index (χ2v) is 5.64. The van der Waals surface area contributed by atoms with Gasteiger partial charge in [-0.2, -0.15) is 0 Å². The smallest absolute Gasteiger partial charge is 0.208 e. The first-order chi connectivity index (χ1) is 9.58. The van der Waals surface area contributed by atoms with Crippen LogP contribution in [0.4, 0.5) is 0 Å². The van der Waals surface area contributed by atoms with Gasteiger partial charge in [0.1, 0.15) is 5.76 Å². The summed E-state index contributed by atoms with van der Waals surface area (Å²) in [6.07, 6.45) is 0. The van der Waals surface area contributed by atoms with E-state index in [2.05, 4.69) is 54.5 Å². The minimum atomic E-state index is 0.508. The number of oxazole rings is 1. The topological polar surface area (TPSA) is 38.1 Å². The van der Waals surface area contributed by atoms with E-state index in [0.29, 0.717) is 18.4 Å². The lowest BCUT2D eigenvalue weighted by molar-refractivity contribution is 0.417. The third-order valence-corrected chi connectivity index (χ3v) is 3.75. The highest BCUT2D eigenvalue weighted by atomic mass is 16.4. The van der Waals surface area contributed by atoms with E-state index in [4.69, 9.17) is 4.42 Å². The molecule has 3 nitrogen and oxygen atoms in total. The second kappa shape index (κ2) is 6.71. The number of benzene rings is 1. The van der Waals surface area contributed by atoms with Crippen molar-refractivity contribution >= 4 is 0 Å². The Kier molecular flexibility index (Phi) is 4.96. The average Bonchev–Trinajstić information content (AvgIpc) is 2.74. The molecule has 2 aromatic rings. The molecular weight excluding hydrogens is 248 g/mol. The van der Waals surface area contributed by atoms with Crippen LogP contribution in [-0.4, -0.2) is 11.5 Å². The lowest BCUT2D eigenvalue weighted by Crippen LogP contribution is -2.24. The Morgan fingerprint density at radius 2 is 1.85 bits per heavy atom. The van der Waals surface area contributed by atoms with Gasteiger partial charge in [0.05, 0.1) is 12.2 Å². The molecule has 20 heavy (non-hydrogen) atoms. The van der Waals surface area contributed by atoms with E-state index in [1.54, 1.807) is 0 Å². The van der Waals surface area contributed by atoms with Crippen LogP contribution < -0.4 is 5.32 Å². The number of rotatable bonds is 6. The summed E-state index contributed by atoms with van der Waals surface area (Å²) in [5, 5.41) is 3.47. The van der Waals surface area contributed by atoms with Gasteiger partial charge in [-0.05, 0) is 31.2 Å². The van der Waals surface area contributed by atoms with E-state index in [1.165, 1.54) is 5.56 Å². The maximum atomic E-state index is 5.59. The second-order valence-electron chi connectivity index (χ2n) is 5.64. The molecule has 0 radical (unpaired) electrons. The van der Waals surface area contributed by atoms with Gasteiger partial charge in [0, 0.05) is 6.54 Å². The molecule has 3 heteroatoms. The van der Waals surface area contributed by atoms with Crippen molar-refractivity contribution in [3.8, 4) is 0 Å². The molecule has 2 rings (SSSR count). The van der Waals surface area contributed by atoms with E-state index in [-0.39, 0.29) is 0 Å². The molecule has 0 spiro atoms. The minimum absolute atomic E-state index is 0.508. The van der Waals surface area contributed by atoms with Crippen molar-refractivity contribution in [1.82, 2.24) is 10.3 Å². The average molecular weight is 272 g/mol. The minimum Gasteiger partial charge on any atom is -0.444 e. The third-order valence-electron chi connectivity index (χ3n) is 3.75. The highest BCUT2D eigenvalue weighted by molar-refractivity contribution is 5.20. The van der Waals surface area contributed by atoms with Crippen molar-refractivity contribution in [3.63, 3.8) is 0 Å². The molecule has 0 aliphatic rings. The summed E-state index contributed by atoms with van der Waals surface area (Å²) < 4.78 is 5.59. The molecule has 0 bridgehead atoms. The van der Waals surface area contributed by atoms with Crippen molar-refractivity contribution in [2.75, 3.05) is 6.54 Å². The largest absolute Gasteiger partial charge is 0.444 e. The summed E-state index contributed by atoms with van der Waals surface area (Å²) in [6.45, 7) is 10.1. The number of aromatic nitrogens is 1. The van der Waals surface area contributed by atoms with Crippen molar-refractivity contribution < 1.29 is 4.42 Å². The fourth-order valence-corrected chi connectivity index (χ4v) is 2.39. The van der Waals surface area contributed by atoms with E-state index in [0.717, 1.165) is 23.9 Å². The Morgan fingerprint density at radius 3 is 2.40 bits per heavy atom. The van der Waals surface area contributed by atoms with E-state index >= 15 is 0 Å². The van der Waals surface area contributed by atoms with Crippen molar-refractivity contribution in [2.45, 2.75) is 40.2 Å². The molecule has 0 amide bonds. The van der Waals surface area contributed by atoms with Gasteiger partial charge in [0.15, 0.2) is 0 Å². The van der Waals surface area contributed by atoms with Gasteiger partial charge in [-0.3, -0.25) is 0 Å². The van der Waals surface area contributed by atoms with Crippen LogP contribution in [0.2, 0.25) is 0 Å². The first-order valence-electron chi connectivity index (χ1n) is 7.26. The molecular formula is C17H24N2O. The maximum absolute atomic E-state index is 5.59. The Bertz CT molecular complexity index is 512. The normalized spacial score (nSPS) is 12.8. The van der Waals surface area contributed by atoms with Gasteiger partial charge >= 0.3 is 0 Å². The Hall–Kier alpha value is -1.61. The number of hydrogen-bond acceptors (Lipinski definition) is 3. The Morgan fingerprint density at radius 1 is 1.15 bits per heavy atom. The van der Waals surface area contributed by atoms with Crippen LogP contribution in [0.25, 0.3) is 0 Å². The zero-order valence-electron chi connectivity index (χ0n) is 12.8. The standard InChI is InChI=1S/C17H24N2O/c1-12(2)16(15-8-6-5-7-9-15)10-18-11-17-19-13(3)14(4)20-17/h5-9,12,16,18H,10-11H2,1-4H3. The molecule has 1 aromatic heterocycles. The van der Waals surface area contributed by atoms with Crippen molar-refractivity contribution in [1.29, 1.82) is 0 Å². The number of hydrogen-bond donors (Lipinski definition) is 1. The van der Waals surface area contributed by atoms with Crippen LogP contribution in [0.15, 0.2) is 34.7 Å². The molecule has 1 N–H and O–H groups in total. The van der Waals surface area contributed by atoms with Crippen molar-refractivity contribution in [2.24, 2.45) is 5.92 Å². The first-order valence-corrected chi connectivity index (χ1v) is 7.26. The van der Waals surface area contributed by atoms with Crippen LogP contribution >= 0.6 is 0 Å². The van der Waals surface area contributed by atoms with Gasteiger partial charge < -0.3 is 9.73 Å². The number of nitrogens with one attached hydrogen (secondary N) is 1. The monoisotopic (exact) mass is 272 g/mol. The van der Waals surface area contributed by atoms with E-state index < -0.39 is 0 Å². The molecule has 0 aliphatic carbocycles. The molecule has 1 unspecified atom stereocenters. The molecule has 1 aromatic carbocycles. The number of aryl methyl sites for hydroxylation is 2. The predicted octanol–water partition coefficient (Wildman–Crippen LogP) is 3.82. The number of nitrogens with zero attached hydrogens (tertiary/aromatic N) is 1. The summed E-state index contributed by atoms with van der Waals surface area (Å²) in [5.41, 5.74) is 2.36. The van der Waals surface area contributed by atoms with Crippen LogP contribution in [0.3, 0.4) is 0 Å². The molecule has 0 aliphatic heterocycles. The van der Waals surface area contributed by atoms with Gasteiger partial charge in [-0.1, -0.05) is 44.2 Å². The fraction of sp³-hybridized carbons (Fsp3) is 0.471. The van der Waals surface area contributed by atoms with Crippen LogP contribution in [0, 0.1) is 19.8 Å². The lowest BCUT2D eigenvalue weighted by Gasteiger charge is -2.21. The van der Waals surface area contributed by atoms with Gasteiger partial charge in [-0.15, -0.1) is 0 Å². The van der Waals surface area contributed by atoms with Gasteiger partial charge in [0.25, 0.3) is 0 Å². The Labute approximate surface area is 121 Å². The quantitative estimate of drug-likeness (QED) is 0.868. The SMILES string of the molecule is Cc1nc(CNCC(c2ccccc2)C(C)C)oc1C. The fourth-order valence-electron chi connectivity index (χ4n) is 2.39. The van der Waals surface area contributed by atoms with E-state index in [1.807, 2.05) is 13.8 Å². The predicted molar refractivity (Wildman–Crippen MR) is 81.7 cm³/mol. The third kappa shape index (κ3) is 3.70. The Balaban J connectivity index is 1.93. The van der Waals surface area contributed by atoms with Crippen LogP contribution in [0.1, 0.15) is 42.7 Å². The van der Waals surface area contributed by atoms with E-state index in [9.17, 15) is 0 Å². The zero-order chi connectivity index (χ0) is 14.5. The molecule has 0 saturated carbocycles. The summed E-state index contributed by atoms with van der Waals surface area (Å²) in [4.78, 5) is 4.40. The maximum Gasteiger partial charge on any atom is 0.208 e. The molecule has 1 heterocycles. The molecule has 0 saturated heterocycles. The molecule has 0 fully saturated rings. The summed E-state index contributed by atoms with van der Waals surface area (Å²) >= 11 is 0.